The lowest BCUT2D eigenvalue weighted by atomic mass is 10.1. The Morgan fingerprint density at radius 3 is 2.45 bits per heavy atom. The Kier molecular flexibility index (Phi) is 6.03. The lowest BCUT2D eigenvalue weighted by Gasteiger charge is -2.09. The molecule has 156 valence electrons. The molecule has 1 aromatic heterocycles. The maximum Gasteiger partial charge on any atom is 0.255 e. The van der Waals surface area contributed by atoms with Gasteiger partial charge in [-0.15, -0.1) is 15.0 Å². The van der Waals surface area contributed by atoms with E-state index in [1.165, 1.54) is 10.4 Å². The van der Waals surface area contributed by atoms with Gasteiger partial charge in [0.25, 0.3) is 5.91 Å². The molecule has 4 aromatic rings. The fourth-order valence-corrected chi connectivity index (χ4v) is 3.24. The van der Waals surface area contributed by atoms with E-state index in [0.717, 1.165) is 24.3 Å². The highest BCUT2D eigenvalue weighted by Crippen LogP contribution is 2.25. The van der Waals surface area contributed by atoms with E-state index in [0.29, 0.717) is 22.6 Å². The maximum absolute atomic E-state index is 12.8. The molecule has 0 saturated carbocycles. The topological polar surface area (TPSA) is 81.9 Å². The van der Waals surface area contributed by atoms with Gasteiger partial charge >= 0.3 is 0 Å². The summed E-state index contributed by atoms with van der Waals surface area (Å²) in [5, 5.41) is 15.8. The van der Waals surface area contributed by atoms with Crippen LogP contribution in [0, 0.1) is 0 Å². The Bertz CT molecular complexity index is 1170. The Morgan fingerprint density at radius 2 is 1.74 bits per heavy atom. The van der Waals surface area contributed by atoms with Crippen LogP contribution >= 0.6 is 0 Å². The van der Waals surface area contributed by atoms with E-state index >= 15 is 0 Å². The minimum absolute atomic E-state index is 0.182. The minimum atomic E-state index is -0.182. The first kappa shape index (κ1) is 20.3. The molecule has 0 aliphatic rings. The number of nitrogens with zero attached hydrogens (tertiary/aromatic N) is 4. The van der Waals surface area contributed by atoms with Gasteiger partial charge in [-0.1, -0.05) is 37.6 Å². The molecule has 31 heavy (non-hydrogen) atoms. The molecule has 1 amide bonds. The number of carbonyl (C=O) groups is 1. The highest BCUT2D eigenvalue weighted by Gasteiger charge is 2.14. The monoisotopic (exact) mass is 413 g/mol. The summed E-state index contributed by atoms with van der Waals surface area (Å²) >= 11 is 0. The molecule has 1 N–H and O–H groups in total. The van der Waals surface area contributed by atoms with Crippen molar-refractivity contribution in [2.45, 2.75) is 19.8 Å². The quantitative estimate of drug-likeness (QED) is 0.481. The van der Waals surface area contributed by atoms with Crippen molar-refractivity contribution in [1.82, 2.24) is 20.2 Å². The Labute approximate surface area is 180 Å². The van der Waals surface area contributed by atoms with Crippen LogP contribution in [0.5, 0.6) is 5.75 Å². The van der Waals surface area contributed by atoms with Crippen molar-refractivity contribution in [2.75, 3.05) is 12.4 Å². The van der Waals surface area contributed by atoms with Crippen molar-refractivity contribution >= 4 is 11.6 Å². The van der Waals surface area contributed by atoms with E-state index in [9.17, 15) is 4.79 Å². The average Bonchev–Trinajstić information content (AvgIpc) is 3.30. The Morgan fingerprint density at radius 1 is 1.00 bits per heavy atom. The van der Waals surface area contributed by atoms with Crippen LogP contribution < -0.4 is 10.1 Å². The summed E-state index contributed by atoms with van der Waals surface area (Å²) in [6, 6.07) is 22.5. The molecule has 0 saturated heterocycles. The fourth-order valence-electron chi connectivity index (χ4n) is 3.24. The van der Waals surface area contributed by atoms with Gasteiger partial charge in [-0.2, -0.15) is 0 Å². The molecule has 3 aromatic carbocycles. The second kappa shape index (κ2) is 9.21. The third-order valence-electron chi connectivity index (χ3n) is 4.89. The van der Waals surface area contributed by atoms with Crippen LogP contribution in [0.3, 0.4) is 0 Å². The standard InChI is InChI=1S/C24H23N5O2/c1-3-6-17-9-11-18(12-10-17)24(30)25-22-8-5-4-7-21(22)23-26-28-29(27-23)19-13-15-20(31-2)16-14-19/h4-5,7-16H,3,6H2,1-2H3,(H,25,30). The predicted octanol–water partition coefficient (Wildman–Crippen LogP) is 4.54. The van der Waals surface area contributed by atoms with E-state index in [2.05, 4.69) is 27.7 Å². The van der Waals surface area contributed by atoms with Crippen molar-refractivity contribution in [3.05, 3.63) is 83.9 Å². The molecule has 0 atom stereocenters. The van der Waals surface area contributed by atoms with E-state index < -0.39 is 0 Å². The lowest BCUT2D eigenvalue weighted by Crippen LogP contribution is -2.12. The number of hydrogen-bond acceptors (Lipinski definition) is 5. The molecular weight excluding hydrogens is 390 g/mol. The number of benzene rings is 3. The number of amides is 1. The molecule has 0 spiro atoms. The number of hydrogen-bond donors (Lipinski definition) is 1. The van der Waals surface area contributed by atoms with Gasteiger partial charge in [0.15, 0.2) is 0 Å². The zero-order valence-corrected chi connectivity index (χ0v) is 17.4. The van der Waals surface area contributed by atoms with Crippen LogP contribution in [0.15, 0.2) is 72.8 Å². The Hall–Kier alpha value is -4.00. The van der Waals surface area contributed by atoms with Crippen molar-refractivity contribution in [3.63, 3.8) is 0 Å². The van der Waals surface area contributed by atoms with Crippen LogP contribution in [-0.4, -0.2) is 33.2 Å². The number of para-hydroxylation sites is 1. The van der Waals surface area contributed by atoms with Gasteiger partial charge in [-0.3, -0.25) is 4.79 Å². The van der Waals surface area contributed by atoms with E-state index in [4.69, 9.17) is 4.74 Å². The van der Waals surface area contributed by atoms with E-state index in [-0.39, 0.29) is 5.91 Å². The first-order chi connectivity index (χ1) is 15.2. The maximum atomic E-state index is 12.8. The van der Waals surface area contributed by atoms with Crippen molar-refractivity contribution in [1.29, 1.82) is 0 Å². The fraction of sp³-hybridized carbons (Fsp3) is 0.167. The average molecular weight is 413 g/mol. The summed E-state index contributed by atoms with van der Waals surface area (Å²) in [5.41, 5.74) is 3.90. The number of methoxy groups -OCH3 is 1. The summed E-state index contributed by atoms with van der Waals surface area (Å²) in [6.07, 6.45) is 2.07. The normalized spacial score (nSPS) is 10.6. The van der Waals surface area contributed by atoms with Crippen LogP contribution in [0.25, 0.3) is 17.1 Å². The third kappa shape index (κ3) is 4.61. The SMILES string of the molecule is CCCc1ccc(C(=O)Nc2ccccc2-c2nnn(-c3ccc(OC)cc3)n2)cc1. The van der Waals surface area contributed by atoms with Crippen molar-refractivity contribution in [3.8, 4) is 22.8 Å². The smallest absolute Gasteiger partial charge is 0.255 e. The first-order valence-corrected chi connectivity index (χ1v) is 10.1. The number of ether oxygens (including phenoxy) is 1. The molecule has 4 rings (SSSR count). The van der Waals surface area contributed by atoms with Crippen LogP contribution in [0.2, 0.25) is 0 Å². The summed E-state index contributed by atoms with van der Waals surface area (Å²) in [4.78, 5) is 14.2. The third-order valence-corrected chi connectivity index (χ3v) is 4.89. The van der Waals surface area contributed by atoms with Gasteiger partial charge in [0.05, 0.1) is 18.5 Å². The van der Waals surface area contributed by atoms with Crippen molar-refractivity contribution in [2.24, 2.45) is 0 Å². The molecule has 0 aliphatic heterocycles. The number of aryl methyl sites for hydroxylation is 1. The molecule has 1 heterocycles. The predicted molar refractivity (Wildman–Crippen MR) is 120 cm³/mol. The first-order valence-electron chi connectivity index (χ1n) is 10.1. The summed E-state index contributed by atoms with van der Waals surface area (Å²) in [5.74, 6) is 0.989. The van der Waals surface area contributed by atoms with Crippen LogP contribution in [-0.2, 0) is 6.42 Å². The van der Waals surface area contributed by atoms with Gasteiger partial charge in [-0.05, 0) is 65.7 Å². The summed E-state index contributed by atoms with van der Waals surface area (Å²) in [6.45, 7) is 2.14. The van der Waals surface area contributed by atoms with E-state index in [1.54, 1.807) is 7.11 Å². The highest BCUT2D eigenvalue weighted by molar-refractivity contribution is 6.06. The second-order valence-electron chi connectivity index (χ2n) is 7.05. The zero-order valence-electron chi connectivity index (χ0n) is 17.4. The van der Waals surface area contributed by atoms with Crippen LogP contribution in [0.4, 0.5) is 5.69 Å². The van der Waals surface area contributed by atoms with Gasteiger partial charge < -0.3 is 10.1 Å². The number of aromatic nitrogens is 4. The Balaban J connectivity index is 1.56. The second-order valence-corrected chi connectivity index (χ2v) is 7.05. The molecule has 0 radical (unpaired) electrons. The number of anilines is 1. The van der Waals surface area contributed by atoms with Crippen LogP contribution in [0.1, 0.15) is 29.3 Å². The molecular formula is C24H23N5O2. The van der Waals surface area contributed by atoms with Gasteiger partial charge in [0.2, 0.25) is 5.82 Å². The molecule has 0 aliphatic carbocycles. The minimum Gasteiger partial charge on any atom is -0.497 e. The number of tetrazole rings is 1. The number of rotatable bonds is 7. The summed E-state index contributed by atoms with van der Waals surface area (Å²) in [7, 11) is 1.62. The molecule has 0 bridgehead atoms. The molecule has 0 unspecified atom stereocenters. The van der Waals surface area contributed by atoms with Crippen molar-refractivity contribution < 1.29 is 9.53 Å². The largest absolute Gasteiger partial charge is 0.497 e. The summed E-state index contributed by atoms with van der Waals surface area (Å²) < 4.78 is 5.18. The number of carbonyl (C=O) groups excluding carboxylic acids is 1. The van der Waals surface area contributed by atoms with E-state index in [1.807, 2.05) is 72.8 Å². The molecule has 0 fully saturated rings. The van der Waals surface area contributed by atoms with Gasteiger partial charge in [0.1, 0.15) is 5.75 Å². The molecule has 7 nitrogen and oxygen atoms in total. The number of nitrogens with one attached hydrogen (secondary N) is 1. The zero-order chi connectivity index (χ0) is 21.6. The highest BCUT2D eigenvalue weighted by atomic mass is 16.5. The van der Waals surface area contributed by atoms with Gasteiger partial charge in [-0.25, -0.2) is 0 Å². The lowest BCUT2D eigenvalue weighted by molar-refractivity contribution is 0.102. The molecule has 7 heteroatoms. The van der Waals surface area contributed by atoms with Gasteiger partial charge in [0, 0.05) is 11.1 Å².